The van der Waals surface area contributed by atoms with Crippen molar-refractivity contribution in [1.82, 2.24) is 0 Å². The predicted octanol–water partition coefficient (Wildman–Crippen LogP) is 4.47. The number of fused-ring (bicyclic) bond motifs is 1. The van der Waals surface area contributed by atoms with Gasteiger partial charge in [-0.15, -0.1) is 0 Å². The van der Waals surface area contributed by atoms with Gasteiger partial charge in [0, 0.05) is 12.7 Å². The molecule has 3 aromatic rings. The van der Waals surface area contributed by atoms with Gasteiger partial charge in [-0.1, -0.05) is 54.6 Å². The third kappa shape index (κ3) is 2.45. The van der Waals surface area contributed by atoms with Crippen LogP contribution in [0, 0.1) is 0 Å². The second-order valence-electron chi connectivity index (χ2n) is 4.77. The lowest BCUT2D eigenvalue weighted by Gasteiger charge is -2.11. The zero-order valence-electron chi connectivity index (χ0n) is 11.1. The van der Waals surface area contributed by atoms with Crippen molar-refractivity contribution in [2.24, 2.45) is 0 Å². The number of benzene rings is 3. The lowest BCUT2D eigenvalue weighted by atomic mass is 9.99. The topological polar surface area (TPSA) is 12.0 Å². The summed E-state index contributed by atoms with van der Waals surface area (Å²) in [6.07, 6.45) is 0.960. The highest BCUT2D eigenvalue weighted by atomic mass is 14.8. The average Bonchev–Trinajstić information content (AvgIpc) is 2.47. The summed E-state index contributed by atoms with van der Waals surface area (Å²) in [4.78, 5) is 0. The van der Waals surface area contributed by atoms with E-state index in [1.807, 2.05) is 7.05 Å². The molecule has 94 valence electrons. The van der Waals surface area contributed by atoms with E-state index in [1.165, 1.54) is 27.6 Å². The molecule has 0 unspecified atom stereocenters. The summed E-state index contributed by atoms with van der Waals surface area (Å²) < 4.78 is 0. The van der Waals surface area contributed by atoms with Crippen molar-refractivity contribution in [1.29, 1.82) is 0 Å². The fraction of sp³-hybridized carbons (Fsp3) is 0.111. The normalized spacial score (nSPS) is 10.6. The van der Waals surface area contributed by atoms with Gasteiger partial charge in [0.15, 0.2) is 0 Å². The fourth-order valence-electron chi connectivity index (χ4n) is 2.48. The van der Waals surface area contributed by atoms with Crippen molar-refractivity contribution in [3.63, 3.8) is 0 Å². The number of hydrogen-bond acceptors (Lipinski definition) is 1. The molecule has 3 aromatic carbocycles. The van der Waals surface area contributed by atoms with Crippen LogP contribution in [0.2, 0.25) is 0 Å². The maximum Gasteiger partial charge on any atom is 0.0379 e. The van der Waals surface area contributed by atoms with Crippen molar-refractivity contribution in [3.05, 3.63) is 77.9 Å². The Hall–Kier alpha value is -2.28. The molecule has 0 spiro atoms. The van der Waals surface area contributed by atoms with E-state index in [2.05, 4.69) is 72.0 Å². The zero-order valence-corrected chi connectivity index (χ0v) is 11.1. The predicted molar refractivity (Wildman–Crippen MR) is 82.7 cm³/mol. The largest absolute Gasteiger partial charge is 0.388 e. The van der Waals surface area contributed by atoms with Gasteiger partial charge >= 0.3 is 0 Å². The summed E-state index contributed by atoms with van der Waals surface area (Å²) in [5, 5.41) is 5.89. The minimum Gasteiger partial charge on any atom is -0.388 e. The first-order valence-corrected chi connectivity index (χ1v) is 6.60. The SMILES string of the molecule is CNc1cc2ccccc2cc1Cc1ccccc1. The van der Waals surface area contributed by atoms with Gasteiger partial charge in [-0.05, 0) is 40.5 Å². The Bertz CT molecular complexity index is 686. The van der Waals surface area contributed by atoms with Crippen LogP contribution in [-0.2, 0) is 6.42 Å². The Morgan fingerprint density at radius 3 is 2.11 bits per heavy atom. The van der Waals surface area contributed by atoms with Gasteiger partial charge in [0.05, 0.1) is 0 Å². The Labute approximate surface area is 113 Å². The van der Waals surface area contributed by atoms with Crippen LogP contribution < -0.4 is 5.32 Å². The summed E-state index contributed by atoms with van der Waals surface area (Å²) in [6, 6.07) is 23.6. The molecule has 0 saturated carbocycles. The smallest absolute Gasteiger partial charge is 0.0379 e. The van der Waals surface area contributed by atoms with Gasteiger partial charge in [0.1, 0.15) is 0 Å². The van der Waals surface area contributed by atoms with E-state index in [4.69, 9.17) is 0 Å². The van der Waals surface area contributed by atoms with Crippen LogP contribution in [0.25, 0.3) is 10.8 Å². The van der Waals surface area contributed by atoms with E-state index in [9.17, 15) is 0 Å². The third-order valence-electron chi connectivity index (χ3n) is 3.48. The fourth-order valence-corrected chi connectivity index (χ4v) is 2.48. The number of rotatable bonds is 3. The van der Waals surface area contributed by atoms with Crippen LogP contribution in [-0.4, -0.2) is 7.05 Å². The van der Waals surface area contributed by atoms with Gasteiger partial charge in [-0.25, -0.2) is 0 Å². The van der Waals surface area contributed by atoms with E-state index in [1.54, 1.807) is 0 Å². The van der Waals surface area contributed by atoms with Crippen molar-refractivity contribution in [2.45, 2.75) is 6.42 Å². The standard InChI is InChI=1S/C18H17N/c1-19-18-13-16-10-6-5-9-15(16)12-17(18)11-14-7-3-2-4-8-14/h2-10,12-13,19H,11H2,1H3. The zero-order chi connectivity index (χ0) is 13.1. The van der Waals surface area contributed by atoms with Crippen LogP contribution in [0.4, 0.5) is 5.69 Å². The maximum atomic E-state index is 3.31. The van der Waals surface area contributed by atoms with E-state index < -0.39 is 0 Å². The number of hydrogen-bond donors (Lipinski definition) is 1. The Morgan fingerprint density at radius 1 is 0.789 bits per heavy atom. The van der Waals surface area contributed by atoms with Gasteiger partial charge in [0.2, 0.25) is 0 Å². The van der Waals surface area contributed by atoms with Gasteiger partial charge < -0.3 is 5.32 Å². The molecule has 0 aliphatic rings. The first-order valence-electron chi connectivity index (χ1n) is 6.60. The Morgan fingerprint density at radius 2 is 1.42 bits per heavy atom. The first kappa shape index (κ1) is 11.8. The molecule has 19 heavy (non-hydrogen) atoms. The Balaban J connectivity index is 2.06. The molecule has 1 heteroatoms. The highest BCUT2D eigenvalue weighted by Gasteiger charge is 2.04. The van der Waals surface area contributed by atoms with Gasteiger partial charge in [-0.3, -0.25) is 0 Å². The summed E-state index contributed by atoms with van der Waals surface area (Å²) in [7, 11) is 1.98. The van der Waals surface area contributed by atoms with Crippen LogP contribution >= 0.6 is 0 Å². The summed E-state index contributed by atoms with van der Waals surface area (Å²) in [6.45, 7) is 0. The molecule has 1 N–H and O–H groups in total. The Kier molecular flexibility index (Phi) is 3.20. The molecule has 3 rings (SSSR count). The van der Waals surface area contributed by atoms with Crippen LogP contribution in [0.15, 0.2) is 66.7 Å². The number of anilines is 1. The number of nitrogens with one attached hydrogen (secondary N) is 1. The summed E-state index contributed by atoms with van der Waals surface area (Å²) in [5.74, 6) is 0. The van der Waals surface area contributed by atoms with Crippen LogP contribution in [0.1, 0.15) is 11.1 Å². The molecule has 0 aliphatic carbocycles. The highest BCUT2D eigenvalue weighted by Crippen LogP contribution is 2.25. The van der Waals surface area contributed by atoms with Gasteiger partial charge in [-0.2, -0.15) is 0 Å². The van der Waals surface area contributed by atoms with Crippen molar-refractivity contribution >= 4 is 16.5 Å². The van der Waals surface area contributed by atoms with Crippen LogP contribution in [0.5, 0.6) is 0 Å². The second-order valence-corrected chi connectivity index (χ2v) is 4.77. The lowest BCUT2D eigenvalue weighted by molar-refractivity contribution is 1.19. The van der Waals surface area contributed by atoms with E-state index in [-0.39, 0.29) is 0 Å². The molecule has 0 atom stereocenters. The van der Waals surface area contributed by atoms with Crippen molar-refractivity contribution in [2.75, 3.05) is 12.4 Å². The molecule has 0 bridgehead atoms. The van der Waals surface area contributed by atoms with Crippen LogP contribution in [0.3, 0.4) is 0 Å². The average molecular weight is 247 g/mol. The lowest BCUT2D eigenvalue weighted by Crippen LogP contribution is -1.97. The first-order chi connectivity index (χ1) is 9.36. The van der Waals surface area contributed by atoms with Gasteiger partial charge in [0.25, 0.3) is 0 Å². The minimum absolute atomic E-state index is 0.960. The molecule has 1 nitrogen and oxygen atoms in total. The third-order valence-corrected chi connectivity index (χ3v) is 3.48. The summed E-state index contributed by atoms with van der Waals surface area (Å²) in [5.41, 5.74) is 3.89. The molecule has 0 heterocycles. The van der Waals surface area contributed by atoms with E-state index in [0.29, 0.717) is 0 Å². The molecule has 0 amide bonds. The molecule has 0 radical (unpaired) electrons. The molecular formula is C18H17N. The van der Waals surface area contributed by atoms with Crippen molar-refractivity contribution in [3.8, 4) is 0 Å². The quantitative estimate of drug-likeness (QED) is 0.720. The minimum atomic E-state index is 0.960. The highest BCUT2D eigenvalue weighted by molar-refractivity contribution is 5.87. The molecule has 0 aliphatic heterocycles. The maximum absolute atomic E-state index is 3.31. The molecule has 0 fully saturated rings. The van der Waals surface area contributed by atoms with E-state index >= 15 is 0 Å². The van der Waals surface area contributed by atoms with E-state index in [0.717, 1.165) is 6.42 Å². The summed E-state index contributed by atoms with van der Waals surface area (Å²) >= 11 is 0. The second kappa shape index (κ2) is 5.15. The molecule has 0 saturated heterocycles. The molecular weight excluding hydrogens is 230 g/mol. The van der Waals surface area contributed by atoms with Crippen molar-refractivity contribution < 1.29 is 0 Å². The molecule has 0 aromatic heterocycles. The monoisotopic (exact) mass is 247 g/mol.